The number of aryl methyl sites for hydroxylation is 1. The van der Waals surface area contributed by atoms with Crippen LogP contribution in [0.5, 0.6) is 0 Å². The maximum Gasteiger partial charge on any atom is 0.341 e. The van der Waals surface area contributed by atoms with E-state index < -0.39 is 18.2 Å². The minimum absolute atomic E-state index is 0.448. The first-order valence-corrected chi connectivity index (χ1v) is 6.29. The maximum atomic E-state index is 11.8. The molecule has 19 heavy (non-hydrogen) atoms. The molecule has 1 aliphatic heterocycles. The number of benzene rings is 1. The Balaban J connectivity index is 1.98. The van der Waals surface area contributed by atoms with Gasteiger partial charge in [-0.25, -0.2) is 9.59 Å². The molecule has 0 unspecified atom stereocenters. The summed E-state index contributed by atoms with van der Waals surface area (Å²) in [5, 5.41) is 0. The lowest BCUT2D eigenvalue weighted by Gasteiger charge is -2.10. The molecule has 0 radical (unpaired) electrons. The highest BCUT2D eigenvalue weighted by molar-refractivity contribution is 5.92. The molecule has 1 aromatic rings. The van der Waals surface area contributed by atoms with E-state index in [0.29, 0.717) is 11.1 Å². The molecule has 0 N–H and O–H groups in total. The Morgan fingerprint density at radius 1 is 1.32 bits per heavy atom. The van der Waals surface area contributed by atoms with E-state index in [0.717, 1.165) is 12.8 Å². The Labute approximate surface area is 112 Å². The summed E-state index contributed by atoms with van der Waals surface area (Å²) in [6, 6.07) is 7.25. The number of hydrogen-bond acceptors (Lipinski definition) is 4. The molecule has 1 aliphatic rings. The molecule has 0 saturated carbocycles. The van der Waals surface area contributed by atoms with Crippen LogP contribution in [-0.2, 0) is 20.7 Å². The van der Waals surface area contributed by atoms with Gasteiger partial charge in [0.1, 0.15) is 0 Å². The zero-order valence-corrected chi connectivity index (χ0v) is 11.0. The molecule has 1 atom stereocenters. The molecule has 0 spiro atoms. The number of hydrogen-bond donors (Lipinski definition) is 0. The number of rotatable bonds is 4. The molecule has 0 aliphatic carbocycles. The Bertz CT molecular complexity index is 513. The number of carbonyl (C=O) groups is 2. The molecule has 4 heteroatoms. The third-order valence-electron chi connectivity index (χ3n) is 2.88. The van der Waals surface area contributed by atoms with E-state index in [1.807, 2.05) is 12.1 Å². The van der Waals surface area contributed by atoms with Crippen LogP contribution in [0.25, 0.3) is 0 Å². The predicted octanol–water partition coefficient (Wildman–Crippen LogP) is 2.63. The molecule has 0 bridgehead atoms. The van der Waals surface area contributed by atoms with Crippen molar-refractivity contribution in [1.82, 2.24) is 0 Å². The molecule has 4 nitrogen and oxygen atoms in total. The molecule has 100 valence electrons. The summed E-state index contributed by atoms with van der Waals surface area (Å²) in [7, 11) is 0. The Hall–Kier alpha value is -2.10. The van der Waals surface area contributed by atoms with Crippen molar-refractivity contribution in [2.45, 2.75) is 33.0 Å². The first-order chi connectivity index (χ1) is 9.10. The van der Waals surface area contributed by atoms with E-state index in [9.17, 15) is 9.59 Å². The topological polar surface area (TPSA) is 52.6 Å². The second kappa shape index (κ2) is 5.69. The van der Waals surface area contributed by atoms with E-state index >= 15 is 0 Å². The number of ether oxygens (including phenoxy) is 2. The van der Waals surface area contributed by atoms with Gasteiger partial charge in [-0.3, -0.25) is 0 Å². The number of esters is 2. The molecule has 1 aromatic carbocycles. The second-order valence-electron chi connectivity index (χ2n) is 4.48. The Kier molecular flexibility index (Phi) is 4.00. The number of cyclic esters (lactones) is 1. The second-order valence-corrected chi connectivity index (χ2v) is 4.48. The minimum atomic E-state index is -0.907. The minimum Gasteiger partial charge on any atom is -0.418 e. The molecule has 0 saturated heterocycles. The van der Waals surface area contributed by atoms with Crippen molar-refractivity contribution in [3.05, 3.63) is 47.0 Å². The molecular formula is C15H16O4. The van der Waals surface area contributed by atoms with Crippen LogP contribution in [0.4, 0.5) is 0 Å². The molecule has 0 aromatic heterocycles. The highest BCUT2D eigenvalue weighted by Gasteiger charge is 2.25. The van der Waals surface area contributed by atoms with Gasteiger partial charge in [0, 0.05) is 11.6 Å². The Morgan fingerprint density at radius 3 is 2.53 bits per heavy atom. The van der Waals surface area contributed by atoms with Crippen LogP contribution in [0.1, 0.15) is 36.2 Å². The van der Waals surface area contributed by atoms with Gasteiger partial charge in [-0.1, -0.05) is 25.5 Å². The van der Waals surface area contributed by atoms with E-state index in [1.165, 1.54) is 11.6 Å². The van der Waals surface area contributed by atoms with Gasteiger partial charge < -0.3 is 9.47 Å². The van der Waals surface area contributed by atoms with Gasteiger partial charge in [0.05, 0.1) is 5.56 Å². The zero-order valence-electron chi connectivity index (χ0n) is 11.0. The van der Waals surface area contributed by atoms with E-state index in [4.69, 9.17) is 9.47 Å². The van der Waals surface area contributed by atoms with Gasteiger partial charge in [-0.15, -0.1) is 0 Å². The fraction of sp³-hybridized carbons (Fsp3) is 0.333. The van der Waals surface area contributed by atoms with Crippen LogP contribution in [0.15, 0.2) is 35.9 Å². The summed E-state index contributed by atoms with van der Waals surface area (Å²) in [6.45, 7) is 3.72. The zero-order chi connectivity index (χ0) is 13.8. The van der Waals surface area contributed by atoms with Crippen molar-refractivity contribution in [1.29, 1.82) is 0 Å². The van der Waals surface area contributed by atoms with E-state index in [1.54, 1.807) is 19.1 Å². The summed E-state index contributed by atoms with van der Waals surface area (Å²) in [4.78, 5) is 23.0. The van der Waals surface area contributed by atoms with Crippen LogP contribution in [-0.4, -0.2) is 18.2 Å². The molecular weight excluding hydrogens is 244 g/mol. The highest BCUT2D eigenvalue weighted by Crippen LogP contribution is 2.16. The first kappa shape index (κ1) is 13.3. The molecule has 0 fully saturated rings. The standard InChI is InChI=1S/C15H16O4/c1-3-4-11-5-7-12(8-6-11)15(17)19-13-9-10(2)14(16)18-13/h5-9,13H,3-4H2,1-2H3/t13-/m0/s1. The molecule has 2 rings (SSSR count). The predicted molar refractivity (Wildman–Crippen MR) is 69.5 cm³/mol. The van der Waals surface area contributed by atoms with Gasteiger partial charge in [0.15, 0.2) is 0 Å². The highest BCUT2D eigenvalue weighted by atomic mass is 16.7. The van der Waals surface area contributed by atoms with E-state index in [-0.39, 0.29) is 0 Å². The quantitative estimate of drug-likeness (QED) is 0.781. The van der Waals surface area contributed by atoms with Crippen molar-refractivity contribution < 1.29 is 19.1 Å². The summed E-state index contributed by atoms with van der Waals surface area (Å²) < 4.78 is 9.93. The lowest BCUT2D eigenvalue weighted by atomic mass is 10.1. The average molecular weight is 260 g/mol. The van der Waals surface area contributed by atoms with Crippen molar-refractivity contribution in [2.75, 3.05) is 0 Å². The van der Waals surface area contributed by atoms with Gasteiger partial charge >= 0.3 is 11.9 Å². The fourth-order valence-electron chi connectivity index (χ4n) is 1.83. The van der Waals surface area contributed by atoms with Gasteiger partial charge in [0.25, 0.3) is 6.29 Å². The van der Waals surface area contributed by atoms with Gasteiger partial charge in [-0.2, -0.15) is 0 Å². The van der Waals surface area contributed by atoms with Crippen LogP contribution >= 0.6 is 0 Å². The van der Waals surface area contributed by atoms with Gasteiger partial charge in [0.2, 0.25) is 0 Å². The van der Waals surface area contributed by atoms with Crippen LogP contribution < -0.4 is 0 Å². The maximum absolute atomic E-state index is 11.8. The summed E-state index contributed by atoms with van der Waals surface area (Å²) >= 11 is 0. The smallest absolute Gasteiger partial charge is 0.341 e. The van der Waals surface area contributed by atoms with Crippen molar-refractivity contribution in [3.63, 3.8) is 0 Å². The largest absolute Gasteiger partial charge is 0.418 e. The monoisotopic (exact) mass is 260 g/mol. The summed E-state index contributed by atoms with van der Waals surface area (Å²) in [5.41, 5.74) is 2.09. The van der Waals surface area contributed by atoms with E-state index in [2.05, 4.69) is 6.92 Å². The lowest BCUT2D eigenvalue weighted by Crippen LogP contribution is -2.17. The average Bonchev–Trinajstić information content (AvgIpc) is 2.69. The van der Waals surface area contributed by atoms with Crippen LogP contribution in [0.3, 0.4) is 0 Å². The van der Waals surface area contributed by atoms with Crippen LogP contribution in [0, 0.1) is 0 Å². The third kappa shape index (κ3) is 3.22. The Morgan fingerprint density at radius 2 is 2.00 bits per heavy atom. The van der Waals surface area contributed by atoms with Crippen molar-refractivity contribution >= 4 is 11.9 Å². The van der Waals surface area contributed by atoms with Crippen molar-refractivity contribution in [3.8, 4) is 0 Å². The third-order valence-corrected chi connectivity index (χ3v) is 2.88. The normalized spacial score (nSPS) is 17.9. The lowest BCUT2D eigenvalue weighted by molar-refractivity contribution is -0.151. The molecule has 1 heterocycles. The summed E-state index contributed by atoms with van der Waals surface area (Å²) in [6.07, 6.45) is 2.63. The first-order valence-electron chi connectivity index (χ1n) is 6.29. The molecule has 0 amide bonds. The van der Waals surface area contributed by atoms with Crippen LogP contribution in [0.2, 0.25) is 0 Å². The van der Waals surface area contributed by atoms with Crippen molar-refractivity contribution in [2.24, 2.45) is 0 Å². The number of carbonyl (C=O) groups excluding carboxylic acids is 2. The fourth-order valence-corrected chi connectivity index (χ4v) is 1.83. The SMILES string of the molecule is CCCc1ccc(C(=O)O[C@H]2C=C(C)C(=O)O2)cc1. The summed E-state index contributed by atoms with van der Waals surface area (Å²) in [5.74, 6) is -0.942. The van der Waals surface area contributed by atoms with Gasteiger partial charge in [-0.05, 0) is 31.0 Å².